The molecule has 0 N–H and O–H groups in total. The highest BCUT2D eigenvalue weighted by Crippen LogP contribution is 2.23. The third-order valence-electron chi connectivity index (χ3n) is 3.06. The lowest BCUT2D eigenvalue weighted by Gasteiger charge is -2.06. The smallest absolute Gasteiger partial charge is 0.229 e. The van der Waals surface area contributed by atoms with Gasteiger partial charge in [0.2, 0.25) is 5.88 Å². The van der Waals surface area contributed by atoms with Crippen molar-refractivity contribution in [2.45, 2.75) is 13.0 Å². The van der Waals surface area contributed by atoms with Crippen LogP contribution in [0, 0.1) is 0 Å². The molecule has 2 nitrogen and oxygen atoms in total. The molecule has 0 radical (unpaired) electrons. The Morgan fingerprint density at radius 1 is 0.850 bits per heavy atom. The highest BCUT2D eigenvalue weighted by atomic mass is 32.1. The van der Waals surface area contributed by atoms with Gasteiger partial charge in [0, 0.05) is 17.4 Å². The Morgan fingerprint density at radius 3 is 2.20 bits per heavy atom. The zero-order valence-corrected chi connectivity index (χ0v) is 11.8. The number of rotatable bonds is 5. The maximum Gasteiger partial charge on any atom is 0.229 e. The van der Waals surface area contributed by atoms with Crippen molar-refractivity contribution < 1.29 is 4.74 Å². The molecule has 0 aliphatic rings. The summed E-state index contributed by atoms with van der Waals surface area (Å²) in [6.07, 6.45) is 0.863. The average Bonchev–Trinajstić information content (AvgIpc) is 2.94. The Kier molecular flexibility index (Phi) is 4.09. The van der Waals surface area contributed by atoms with Gasteiger partial charge in [0.15, 0.2) is 0 Å². The second-order valence-corrected chi connectivity index (χ2v) is 5.21. The van der Waals surface area contributed by atoms with Gasteiger partial charge in [-0.25, -0.2) is 0 Å². The fourth-order valence-corrected chi connectivity index (χ4v) is 2.65. The van der Waals surface area contributed by atoms with Crippen LogP contribution in [-0.2, 0) is 13.0 Å². The van der Waals surface area contributed by atoms with E-state index in [9.17, 15) is 0 Å². The van der Waals surface area contributed by atoms with Crippen molar-refractivity contribution in [3.63, 3.8) is 0 Å². The van der Waals surface area contributed by atoms with E-state index < -0.39 is 0 Å². The molecule has 100 valence electrons. The first-order valence-corrected chi connectivity index (χ1v) is 7.39. The second kappa shape index (κ2) is 6.35. The fourth-order valence-electron chi connectivity index (χ4n) is 2.02. The third kappa shape index (κ3) is 3.25. The Bertz CT molecular complexity index is 649. The van der Waals surface area contributed by atoms with E-state index in [1.165, 1.54) is 17.1 Å². The Labute approximate surface area is 122 Å². The maximum atomic E-state index is 5.83. The van der Waals surface area contributed by atoms with Gasteiger partial charge >= 0.3 is 0 Å². The van der Waals surface area contributed by atoms with Crippen molar-refractivity contribution in [1.29, 1.82) is 0 Å². The van der Waals surface area contributed by atoms with Gasteiger partial charge in [0.1, 0.15) is 6.61 Å². The first-order valence-electron chi connectivity index (χ1n) is 6.56. The lowest BCUT2D eigenvalue weighted by Crippen LogP contribution is -1.98. The highest BCUT2D eigenvalue weighted by molar-refractivity contribution is 7.03. The zero-order valence-electron chi connectivity index (χ0n) is 11.0. The number of nitrogens with zero attached hydrogens (tertiary/aromatic N) is 1. The van der Waals surface area contributed by atoms with Crippen LogP contribution in [0.1, 0.15) is 16.7 Å². The molecule has 3 heteroatoms. The van der Waals surface area contributed by atoms with Gasteiger partial charge in [0.25, 0.3) is 0 Å². The van der Waals surface area contributed by atoms with Crippen molar-refractivity contribution in [2.24, 2.45) is 0 Å². The van der Waals surface area contributed by atoms with Crippen molar-refractivity contribution >= 4 is 11.5 Å². The lowest BCUT2D eigenvalue weighted by atomic mass is 10.1. The Hall–Kier alpha value is -2.13. The molecule has 0 aliphatic carbocycles. The van der Waals surface area contributed by atoms with Crippen LogP contribution in [0.3, 0.4) is 0 Å². The van der Waals surface area contributed by atoms with E-state index >= 15 is 0 Å². The summed E-state index contributed by atoms with van der Waals surface area (Å²) in [4.78, 5) is 0. The molecule has 0 bridgehead atoms. The number of hydrogen-bond donors (Lipinski definition) is 0. The zero-order chi connectivity index (χ0) is 13.6. The minimum atomic E-state index is 0.562. The molecule has 0 amide bonds. The molecule has 0 aliphatic heterocycles. The first kappa shape index (κ1) is 12.9. The van der Waals surface area contributed by atoms with Crippen molar-refractivity contribution in [2.75, 3.05) is 0 Å². The normalized spacial score (nSPS) is 10.4. The molecule has 0 atom stereocenters. The molecule has 0 saturated heterocycles. The maximum absolute atomic E-state index is 5.83. The largest absolute Gasteiger partial charge is 0.472 e. The molecule has 20 heavy (non-hydrogen) atoms. The van der Waals surface area contributed by atoms with E-state index in [0.717, 1.165) is 23.4 Å². The standard InChI is InChI=1S/C17H15NOS/c1-3-7-14(8-4-1)11-16-13-20-18-17(16)19-12-15-9-5-2-6-10-15/h1-10,13H,11-12H2. The molecule has 3 rings (SSSR count). The summed E-state index contributed by atoms with van der Waals surface area (Å²) in [5.74, 6) is 0.753. The summed E-state index contributed by atoms with van der Waals surface area (Å²) in [6, 6.07) is 20.5. The lowest BCUT2D eigenvalue weighted by molar-refractivity contribution is 0.294. The minimum absolute atomic E-state index is 0.562. The molecule has 1 aromatic heterocycles. The summed E-state index contributed by atoms with van der Waals surface area (Å²) in [7, 11) is 0. The van der Waals surface area contributed by atoms with Gasteiger partial charge in [-0.1, -0.05) is 60.7 Å². The van der Waals surface area contributed by atoms with Gasteiger partial charge in [-0.3, -0.25) is 0 Å². The summed E-state index contributed by atoms with van der Waals surface area (Å²) in [5.41, 5.74) is 3.58. The second-order valence-electron chi connectivity index (χ2n) is 4.58. The summed E-state index contributed by atoms with van der Waals surface area (Å²) in [6.45, 7) is 0.562. The summed E-state index contributed by atoms with van der Waals surface area (Å²) < 4.78 is 10.2. The minimum Gasteiger partial charge on any atom is -0.472 e. The van der Waals surface area contributed by atoms with Crippen LogP contribution >= 0.6 is 11.5 Å². The molecule has 0 spiro atoms. The number of hydrogen-bond acceptors (Lipinski definition) is 3. The third-order valence-corrected chi connectivity index (χ3v) is 3.72. The summed E-state index contributed by atoms with van der Waals surface area (Å²) in [5, 5.41) is 2.06. The van der Waals surface area contributed by atoms with E-state index in [4.69, 9.17) is 4.74 Å². The number of benzene rings is 2. The van der Waals surface area contributed by atoms with Crippen LogP contribution in [0.25, 0.3) is 0 Å². The SMILES string of the molecule is c1ccc(COc2nscc2Cc2ccccc2)cc1. The van der Waals surface area contributed by atoms with Crippen LogP contribution in [0.4, 0.5) is 0 Å². The monoisotopic (exact) mass is 281 g/mol. The van der Waals surface area contributed by atoms with E-state index in [-0.39, 0.29) is 0 Å². The Balaban J connectivity index is 1.68. The van der Waals surface area contributed by atoms with Crippen molar-refractivity contribution in [1.82, 2.24) is 4.37 Å². The molecule has 2 aromatic carbocycles. The van der Waals surface area contributed by atoms with Gasteiger partial charge in [-0.15, -0.1) is 0 Å². The van der Waals surface area contributed by atoms with Gasteiger partial charge in [-0.2, -0.15) is 4.37 Å². The summed E-state index contributed by atoms with van der Waals surface area (Å²) >= 11 is 1.45. The van der Waals surface area contributed by atoms with Crippen LogP contribution in [-0.4, -0.2) is 4.37 Å². The van der Waals surface area contributed by atoms with E-state index in [0.29, 0.717) is 6.61 Å². The van der Waals surface area contributed by atoms with Crippen LogP contribution in [0.2, 0.25) is 0 Å². The first-order chi connectivity index (χ1) is 9.92. The molecule has 0 fully saturated rings. The van der Waals surface area contributed by atoms with E-state index in [2.05, 4.69) is 46.2 Å². The Morgan fingerprint density at radius 2 is 1.50 bits per heavy atom. The van der Waals surface area contributed by atoms with Crippen molar-refractivity contribution in [3.8, 4) is 5.88 Å². The van der Waals surface area contributed by atoms with Crippen LogP contribution in [0.5, 0.6) is 5.88 Å². The van der Waals surface area contributed by atoms with E-state index in [1.54, 1.807) is 0 Å². The molecule has 0 saturated carbocycles. The fraction of sp³-hybridized carbons (Fsp3) is 0.118. The van der Waals surface area contributed by atoms with Crippen molar-refractivity contribution in [3.05, 3.63) is 82.7 Å². The van der Waals surface area contributed by atoms with Gasteiger partial charge in [-0.05, 0) is 22.7 Å². The van der Waals surface area contributed by atoms with E-state index in [1.807, 2.05) is 24.3 Å². The average molecular weight is 281 g/mol. The highest BCUT2D eigenvalue weighted by Gasteiger charge is 2.08. The molecular weight excluding hydrogens is 266 g/mol. The quantitative estimate of drug-likeness (QED) is 0.695. The predicted octanol–water partition coefficient (Wildman–Crippen LogP) is 4.31. The molecular formula is C17H15NOS. The molecule has 3 aromatic rings. The number of ether oxygens (including phenoxy) is 1. The molecule has 1 heterocycles. The number of aromatic nitrogens is 1. The van der Waals surface area contributed by atoms with Gasteiger partial charge < -0.3 is 4.74 Å². The van der Waals surface area contributed by atoms with Gasteiger partial charge in [0.05, 0.1) is 0 Å². The van der Waals surface area contributed by atoms with Crippen LogP contribution < -0.4 is 4.74 Å². The molecule has 0 unspecified atom stereocenters. The van der Waals surface area contributed by atoms with Crippen LogP contribution in [0.15, 0.2) is 66.0 Å². The topological polar surface area (TPSA) is 22.1 Å². The predicted molar refractivity (Wildman–Crippen MR) is 82.1 cm³/mol.